The number of hydrogen-bond donors (Lipinski definition) is 3. The van der Waals surface area contributed by atoms with Gasteiger partial charge in [0.25, 0.3) is 0 Å². The van der Waals surface area contributed by atoms with Gasteiger partial charge in [-0.3, -0.25) is 9.59 Å². The second kappa shape index (κ2) is 8.21. The molecular weight excluding hydrogens is 282 g/mol. The van der Waals surface area contributed by atoms with Crippen molar-refractivity contribution in [2.45, 2.75) is 17.7 Å². The molecule has 1 amide bonds. The van der Waals surface area contributed by atoms with E-state index in [9.17, 15) is 14.4 Å². The molecule has 0 saturated heterocycles. The predicted octanol–water partition coefficient (Wildman–Crippen LogP) is 1.46. The van der Waals surface area contributed by atoms with E-state index in [1.54, 1.807) is 12.1 Å². The smallest absolute Gasteiger partial charge is 0.335 e. The third kappa shape index (κ3) is 6.24. The number of carbonyl (C=O) groups is 3. The largest absolute Gasteiger partial charge is 0.481 e. The number of aliphatic carboxylic acids is 1. The lowest BCUT2D eigenvalue weighted by atomic mass is 10.2. The van der Waals surface area contributed by atoms with Gasteiger partial charge in [-0.1, -0.05) is 6.07 Å². The van der Waals surface area contributed by atoms with Gasteiger partial charge in [-0.2, -0.15) is 0 Å². The van der Waals surface area contributed by atoms with Gasteiger partial charge in [0, 0.05) is 17.9 Å². The van der Waals surface area contributed by atoms with Gasteiger partial charge in [0.05, 0.1) is 11.3 Å². The van der Waals surface area contributed by atoms with Crippen LogP contribution in [-0.4, -0.2) is 40.4 Å². The maximum Gasteiger partial charge on any atom is 0.335 e. The summed E-state index contributed by atoms with van der Waals surface area (Å²) in [6.45, 7) is 0.320. The molecule has 108 valence electrons. The van der Waals surface area contributed by atoms with Crippen LogP contribution in [0.2, 0.25) is 0 Å². The van der Waals surface area contributed by atoms with E-state index in [0.717, 1.165) is 0 Å². The van der Waals surface area contributed by atoms with Gasteiger partial charge < -0.3 is 15.5 Å². The van der Waals surface area contributed by atoms with Crippen LogP contribution in [0.3, 0.4) is 0 Å². The molecule has 0 unspecified atom stereocenters. The van der Waals surface area contributed by atoms with Crippen molar-refractivity contribution in [2.24, 2.45) is 0 Å². The summed E-state index contributed by atoms with van der Waals surface area (Å²) < 4.78 is 0. The number of rotatable bonds is 8. The summed E-state index contributed by atoms with van der Waals surface area (Å²) in [4.78, 5) is 33.2. The number of carboxylic acid groups (broad SMARTS) is 2. The highest BCUT2D eigenvalue weighted by Crippen LogP contribution is 2.18. The van der Waals surface area contributed by atoms with Crippen molar-refractivity contribution in [2.75, 3.05) is 12.3 Å². The molecule has 0 aromatic heterocycles. The van der Waals surface area contributed by atoms with Crippen LogP contribution in [0.15, 0.2) is 29.2 Å². The standard InChI is InChI=1S/C13H15NO5S/c15-11(14-6-2-5-12(16)17)8-20-10-4-1-3-9(7-10)13(18)19/h1,3-4,7H,2,5-6,8H2,(H,14,15)(H,16,17)(H,18,19). The normalized spacial score (nSPS) is 10.0. The lowest BCUT2D eigenvalue weighted by molar-refractivity contribution is -0.137. The number of aromatic carboxylic acids is 1. The molecule has 0 spiro atoms. The average Bonchev–Trinajstić information content (AvgIpc) is 2.41. The summed E-state index contributed by atoms with van der Waals surface area (Å²) in [6.07, 6.45) is 0.411. The average molecular weight is 297 g/mol. The zero-order valence-corrected chi connectivity index (χ0v) is 11.5. The molecular formula is C13H15NO5S. The predicted molar refractivity (Wildman–Crippen MR) is 74.0 cm³/mol. The van der Waals surface area contributed by atoms with Crippen molar-refractivity contribution >= 4 is 29.6 Å². The molecule has 1 rings (SSSR count). The molecule has 0 atom stereocenters. The molecule has 0 bridgehead atoms. The van der Waals surface area contributed by atoms with Crippen LogP contribution in [0, 0.1) is 0 Å². The first-order valence-electron chi connectivity index (χ1n) is 5.93. The molecule has 1 aromatic carbocycles. The summed E-state index contributed by atoms with van der Waals surface area (Å²) in [7, 11) is 0. The molecule has 0 heterocycles. The van der Waals surface area contributed by atoms with E-state index in [0.29, 0.717) is 17.9 Å². The number of amides is 1. The number of nitrogens with one attached hydrogen (secondary N) is 1. The van der Waals surface area contributed by atoms with Gasteiger partial charge in [0.15, 0.2) is 0 Å². The minimum absolute atomic E-state index is 0.0219. The first-order chi connectivity index (χ1) is 9.49. The Morgan fingerprint density at radius 2 is 1.95 bits per heavy atom. The van der Waals surface area contributed by atoms with Crippen LogP contribution < -0.4 is 5.32 Å². The van der Waals surface area contributed by atoms with Gasteiger partial charge in [-0.05, 0) is 24.6 Å². The lowest BCUT2D eigenvalue weighted by Gasteiger charge is -2.05. The minimum atomic E-state index is -1.01. The Labute approximate surface area is 120 Å². The quantitative estimate of drug-likeness (QED) is 0.496. The highest BCUT2D eigenvalue weighted by Gasteiger charge is 2.06. The third-order valence-corrected chi connectivity index (χ3v) is 3.33. The molecule has 0 aliphatic rings. The Morgan fingerprint density at radius 3 is 2.60 bits per heavy atom. The molecule has 1 aromatic rings. The molecule has 20 heavy (non-hydrogen) atoms. The van der Waals surface area contributed by atoms with E-state index in [-0.39, 0.29) is 23.6 Å². The maximum absolute atomic E-state index is 11.5. The van der Waals surface area contributed by atoms with Gasteiger partial charge in [0.2, 0.25) is 5.91 Å². The van der Waals surface area contributed by atoms with Gasteiger partial charge in [-0.15, -0.1) is 11.8 Å². The van der Waals surface area contributed by atoms with Crippen LogP contribution in [0.4, 0.5) is 0 Å². The van der Waals surface area contributed by atoms with Crippen LogP contribution >= 0.6 is 11.8 Å². The molecule has 0 aliphatic carbocycles. The maximum atomic E-state index is 11.5. The van der Waals surface area contributed by atoms with Crippen LogP contribution in [0.25, 0.3) is 0 Å². The monoisotopic (exact) mass is 297 g/mol. The molecule has 0 aliphatic heterocycles. The highest BCUT2D eigenvalue weighted by atomic mass is 32.2. The van der Waals surface area contributed by atoms with E-state index >= 15 is 0 Å². The van der Waals surface area contributed by atoms with Crippen LogP contribution in [0.1, 0.15) is 23.2 Å². The lowest BCUT2D eigenvalue weighted by Crippen LogP contribution is -2.26. The van der Waals surface area contributed by atoms with Gasteiger partial charge in [0.1, 0.15) is 0 Å². The van der Waals surface area contributed by atoms with Crippen molar-refractivity contribution in [3.8, 4) is 0 Å². The Kier molecular flexibility index (Phi) is 6.58. The Hall–Kier alpha value is -2.02. The fourth-order valence-corrected chi connectivity index (χ4v) is 2.17. The fourth-order valence-electron chi connectivity index (χ4n) is 1.39. The second-order valence-electron chi connectivity index (χ2n) is 3.97. The SMILES string of the molecule is O=C(O)CCCNC(=O)CSc1cccc(C(=O)O)c1. The fraction of sp³-hybridized carbons (Fsp3) is 0.308. The zero-order chi connectivity index (χ0) is 15.0. The van der Waals surface area contributed by atoms with Crippen molar-refractivity contribution in [3.63, 3.8) is 0 Å². The Bertz CT molecular complexity index is 503. The summed E-state index contributed by atoms with van der Waals surface area (Å²) in [5, 5.41) is 19.9. The van der Waals surface area contributed by atoms with Crippen molar-refractivity contribution in [3.05, 3.63) is 29.8 Å². The number of carbonyl (C=O) groups excluding carboxylic acids is 1. The number of carboxylic acids is 2. The van der Waals surface area contributed by atoms with E-state index in [2.05, 4.69) is 5.32 Å². The number of thioether (sulfide) groups is 1. The van der Waals surface area contributed by atoms with Crippen molar-refractivity contribution in [1.82, 2.24) is 5.32 Å². The Balaban J connectivity index is 2.32. The first-order valence-corrected chi connectivity index (χ1v) is 6.92. The van der Waals surface area contributed by atoms with E-state index in [1.165, 1.54) is 23.9 Å². The summed E-state index contributed by atoms with van der Waals surface area (Å²) in [5.74, 6) is -1.94. The first kappa shape index (κ1) is 16.0. The number of hydrogen-bond acceptors (Lipinski definition) is 4. The van der Waals surface area contributed by atoms with E-state index < -0.39 is 11.9 Å². The van der Waals surface area contributed by atoms with Crippen molar-refractivity contribution in [1.29, 1.82) is 0 Å². The van der Waals surface area contributed by atoms with E-state index in [1.807, 2.05) is 0 Å². The molecule has 0 saturated carbocycles. The molecule has 3 N–H and O–H groups in total. The molecule has 0 radical (unpaired) electrons. The summed E-state index contributed by atoms with van der Waals surface area (Å²) >= 11 is 1.23. The van der Waals surface area contributed by atoms with Gasteiger partial charge >= 0.3 is 11.9 Å². The third-order valence-electron chi connectivity index (χ3n) is 2.34. The molecule has 0 fully saturated rings. The highest BCUT2D eigenvalue weighted by molar-refractivity contribution is 8.00. The minimum Gasteiger partial charge on any atom is -0.481 e. The number of benzene rings is 1. The summed E-state index contributed by atoms with van der Waals surface area (Å²) in [5.41, 5.74) is 0.178. The summed E-state index contributed by atoms with van der Waals surface area (Å²) in [6, 6.07) is 6.34. The van der Waals surface area contributed by atoms with Crippen LogP contribution in [0.5, 0.6) is 0 Å². The topological polar surface area (TPSA) is 104 Å². The molecule has 7 heteroatoms. The van der Waals surface area contributed by atoms with E-state index in [4.69, 9.17) is 10.2 Å². The van der Waals surface area contributed by atoms with Gasteiger partial charge in [-0.25, -0.2) is 4.79 Å². The zero-order valence-electron chi connectivity index (χ0n) is 10.7. The Morgan fingerprint density at radius 1 is 1.20 bits per heavy atom. The van der Waals surface area contributed by atoms with Crippen LogP contribution in [-0.2, 0) is 9.59 Å². The second-order valence-corrected chi connectivity index (χ2v) is 5.02. The molecule has 6 nitrogen and oxygen atoms in total. The van der Waals surface area contributed by atoms with Crippen molar-refractivity contribution < 1.29 is 24.6 Å².